The maximum Gasteiger partial charge on any atom is 0.250 e. The lowest BCUT2D eigenvalue weighted by molar-refractivity contribution is -0.115. The first kappa shape index (κ1) is 25.4. The van der Waals surface area contributed by atoms with Gasteiger partial charge in [-0.2, -0.15) is 0 Å². The number of carbonyl (C=O) groups excluding carboxylic acids is 1. The van der Waals surface area contributed by atoms with Gasteiger partial charge in [0.1, 0.15) is 17.0 Å². The number of anilines is 1. The average molecular weight is 542 g/mol. The zero-order valence-corrected chi connectivity index (χ0v) is 22.5. The minimum Gasteiger partial charge on any atom is -0.457 e. The number of thiocarbonyl (C=S) groups is 1. The van der Waals surface area contributed by atoms with Crippen LogP contribution in [0.25, 0.3) is 40.0 Å². The third kappa shape index (κ3) is 5.69. The molecule has 8 heteroatoms. The maximum atomic E-state index is 12.4. The van der Waals surface area contributed by atoms with Gasteiger partial charge in [0.05, 0.1) is 0 Å². The number of hydrogen-bond acceptors (Lipinski definition) is 5. The van der Waals surface area contributed by atoms with E-state index >= 15 is 0 Å². The summed E-state index contributed by atoms with van der Waals surface area (Å²) in [4.78, 5) is 17.0. The predicted octanol–water partition coefficient (Wildman–Crippen LogP) is 7.86. The first-order valence-corrected chi connectivity index (χ1v) is 12.7. The molecule has 0 saturated carbocycles. The highest BCUT2D eigenvalue weighted by Crippen LogP contribution is 2.28. The number of fused-ring (bicyclic) bond motifs is 1. The Morgan fingerprint density at radius 2 is 1.68 bits per heavy atom. The molecule has 2 heterocycles. The van der Waals surface area contributed by atoms with E-state index in [1.165, 1.54) is 17.2 Å². The van der Waals surface area contributed by atoms with Gasteiger partial charge in [-0.3, -0.25) is 10.1 Å². The number of benzene rings is 3. The topological polar surface area (TPSA) is 80.3 Å². The van der Waals surface area contributed by atoms with Crippen LogP contribution in [0, 0.1) is 20.8 Å². The van der Waals surface area contributed by atoms with Crippen LogP contribution >= 0.6 is 23.8 Å². The van der Waals surface area contributed by atoms with Gasteiger partial charge in [-0.25, -0.2) is 4.98 Å². The van der Waals surface area contributed by atoms with Crippen molar-refractivity contribution in [2.75, 3.05) is 5.32 Å². The second-order valence-corrected chi connectivity index (χ2v) is 9.76. The first-order valence-electron chi connectivity index (χ1n) is 11.9. The van der Waals surface area contributed by atoms with Gasteiger partial charge in [0.2, 0.25) is 11.8 Å². The minimum atomic E-state index is -0.390. The van der Waals surface area contributed by atoms with Gasteiger partial charge >= 0.3 is 0 Å². The Hall–Kier alpha value is -4.20. The Kier molecular flexibility index (Phi) is 7.13. The van der Waals surface area contributed by atoms with E-state index in [2.05, 4.69) is 35.5 Å². The highest BCUT2D eigenvalue weighted by atomic mass is 35.5. The molecule has 0 saturated heterocycles. The molecule has 6 nitrogen and oxygen atoms in total. The molecule has 0 aliphatic rings. The zero-order valence-electron chi connectivity index (χ0n) is 21.0. The average Bonchev–Trinajstić information content (AvgIpc) is 3.53. The van der Waals surface area contributed by atoms with Crippen molar-refractivity contribution in [1.82, 2.24) is 10.3 Å². The van der Waals surface area contributed by atoms with Gasteiger partial charge in [0.15, 0.2) is 10.7 Å². The number of nitrogens with one attached hydrogen (secondary N) is 2. The lowest BCUT2D eigenvalue weighted by atomic mass is 10.1. The third-order valence-corrected chi connectivity index (χ3v) is 6.73. The number of amides is 1. The smallest absolute Gasteiger partial charge is 0.250 e. The monoisotopic (exact) mass is 541 g/mol. The molecule has 0 spiro atoms. The molecule has 0 radical (unpaired) electrons. The van der Waals surface area contributed by atoms with Crippen LogP contribution in [0.1, 0.15) is 22.5 Å². The summed E-state index contributed by atoms with van der Waals surface area (Å²) in [5.41, 5.74) is 7.17. The second kappa shape index (κ2) is 10.7. The van der Waals surface area contributed by atoms with E-state index in [-0.39, 0.29) is 5.11 Å². The molecular weight excluding hydrogens is 518 g/mol. The SMILES string of the molecule is Cc1ccc(-c2nc3cc(NC(=S)NC(=O)/C=C/c4ccc(-c5ccc(C)c(Cl)c5)o4)ccc3o2)cc1C. The Morgan fingerprint density at radius 3 is 2.47 bits per heavy atom. The van der Waals surface area contributed by atoms with Gasteiger partial charge in [-0.05, 0) is 104 Å². The van der Waals surface area contributed by atoms with Crippen molar-refractivity contribution in [3.63, 3.8) is 0 Å². The fourth-order valence-electron chi connectivity index (χ4n) is 3.82. The molecule has 5 aromatic rings. The van der Waals surface area contributed by atoms with Crippen LogP contribution in [0.4, 0.5) is 5.69 Å². The summed E-state index contributed by atoms with van der Waals surface area (Å²) in [7, 11) is 0. The van der Waals surface area contributed by atoms with Gasteiger partial charge in [0, 0.05) is 27.9 Å². The highest BCUT2D eigenvalue weighted by molar-refractivity contribution is 7.80. The summed E-state index contributed by atoms with van der Waals surface area (Å²) in [6, 6.07) is 20.9. The lowest BCUT2D eigenvalue weighted by Crippen LogP contribution is -2.32. The summed E-state index contributed by atoms with van der Waals surface area (Å²) in [6.45, 7) is 6.06. The molecule has 0 atom stereocenters. The van der Waals surface area contributed by atoms with Gasteiger partial charge < -0.3 is 14.2 Å². The van der Waals surface area contributed by atoms with E-state index in [0.29, 0.717) is 39.2 Å². The zero-order chi connectivity index (χ0) is 26.8. The molecule has 38 heavy (non-hydrogen) atoms. The van der Waals surface area contributed by atoms with Crippen molar-refractivity contribution in [2.24, 2.45) is 0 Å². The van der Waals surface area contributed by atoms with Crippen LogP contribution in [-0.4, -0.2) is 16.0 Å². The van der Waals surface area contributed by atoms with E-state index in [4.69, 9.17) is 32.7 Å². The third-order valence-electron chi connectivity index (χ3n) is 6.12. The number of aryl methyl sites for hydroxylation is 3. The molecule has 0 aliphatic carbocycles. The van der Waals surface area contributed by atoms with Crippen LogP contribution in [-0.2, 0) is 4.79 Å². The van der Waals surface area contributed by atoms with Crippen LogP contribution in [0.3, 0.4) is 0 Å². The number of furan rings is 1. The summed E-state index contributed by atoms with van der Waals surface area (Å²) in [5, 5.41) is 6.47. The molecule has 190 valence electrons. The fourth-order valence-corrected chi connectivity index (χ4v) is 4.22. The number of oxazole rings is 1. The molecule has 3 aromatic carbocycles. The van der Waals surface area contributed by atoms with E-state index < -0.39 is 5.91 Å². The van der Waals surface area contributed by atoms with Crippen molar-refractivity contribution in [2.45, 2.75) is 20.8 Å². The van der Waals surface area contributed by atoms with E-state index in [1.807, 2.05) is 61.5 Å². The fraction of sp³-hybridized carbons (Fsp3) is 0.100. The standard InChI is InChI=1S/C30H24ClN3O3S/c1-17-4-7-21(14-19(17)3)29-33-25-16-22(8-11-27(25)37-29)32-30(38)34-28(35)13-10-23-9-12-26(36-23)20-6-5-18(2)24(31)15-20/h4-16H,1-3H3,(H2,32,34,35,38)/b13-10+. The van der Waals surface area contributed by atoms with Crippen molar-refractivity contribution in [3.05, 3.63) is 100 Å². The Morgan fingerprint density at radius 1 is 0.895 bits per heavy atom. The Labute approximate surface area is 230 Å². The number of carbonyl (C=O) groups is 1. The van der Waals surface area contributed by atoms with Crippen LogP contribution in [0.5, 0.6) is 0 Å². The van der Waals surface area contributed by atoms with E-state index in [9.17, 15) is 4.79 Å². The Bertz CT molecular complexity index is 1720. The van der Waals surface area contributed by atoms with Gasteiger partial charge in [0.25, 0.3) is 0 Å². The normalized spacial score (nSPS) is 11.3. The molecule has 2 aromatic heterocycles. The largest absolute Gasteiger partial charge is 0.457 e. The van der Waals surface area contributed by atoms with E-state index in [1.54, 1.807) is 12.1 Å². The molecular formula is C30H24ClN3O3S. The van der Waals surface area contributed by atoms with Gasteiger partial charge in [-0.1, -0.05) is 29.8 Å². The summed E-state index contributed by atoms with van der Waals surface area (Å²) >= 11 is 11.5. The maximum absolute atomic E-state index is 12.4. The van der Waals surface area contributed by atoms with E-state index in [0.717, 1.165) is 16.7 Å². The number of aromatic nitrogens is 1. The van der Waals surface area contributed by atoms with Gasteiger partial charge in [-0.15, -0.1) is 0 Å². The highest BCUT2D eigenvalue weighted by Gasteiger charge is 2.11. The van der Waals surface area contributed by atoms with Crippen molar-refractivity contribution < 1.29 is 13.6 Å². The van der Waals surface area contributed by atoms with Crippen molar-refractivity contribution >= 4 is 57.7 Å². The number of hydrogen-bond donors (Lipinski definition) is 2. The molecule has 0 aliphatic heterocycles. The molecule has 0 fully saturated rings. The second-order valence-electron chi connectivity index (χ2n) is 8.94. The summed E-state index contributed by atoms with van der Waals surface area (Å²) in [6.07, 6.45) is 2.93. The molecule has 5 rings (SSSR count). The number of rotatable bonds is 5. The lowest BCUT2D eigenvalue weighted by Gasteiger charge is -2.07. The summed E-state index contributed by atoms with van der Waals surface area (Å²) < 4.78 is 11.7. The minimum absolute atomic E-state index is 0.159. The van der Waals surface area contributed by atoms with Crippen molar-refractivity contribution in [1.29, 1.82) is 0 Å². The Balaban J connectivity index is 1.20. The quantitative estimate of drug-likeness (QED) is 0.174. The number of nitrogens with zero attached hydrogens (tertiary/aromatic N) is 1. The molecule has 1 amide bonds. The first-order chi connectivity index (χ1) is 18.2. The number of halogens is 1. The van der Waals surface area contributed by atoms with Crippen LogP contribution in [0.15, 0.2) is 81.6 Å². The molecule has 0 unspecified atom stereocenters. The predicted molar refractivity (Wildman–Crippen MR) is 156 cm³/mol. The van der Waals surface area contributed by atoms with Crippen LogP contribution < -0.4 is 10.6 Å². The van der Waals surface area contributed by atoms with Crippen molar-refractivity contribution in [3.8, 4) is 22.8 Å². The van der Waals surface area contributed by atoms with Crippen LogP contribution in [0.2, 0.25) is 5.02 Å². The molecule has 2 N–H and O–H groups in total. The molecule has 0 bridgehead atoms. The summed E-state index contributed by atoms with van der Waals surface area (Å²) in [5.74, 6) is 1.35.